The molecule has 0 aromatic carbocycles. The van der Waals surface area contributed by atoms with E-state index in [-0.39, 0.29) is 5.78 Å². The van der Waals surface area contributed by atoms with Crippen molar-refractivity contribution in [3.05, 3.63) is 37.0 Å². The maximum absolute atomic E-state index is 10.7. The van der Waals surface area contributed by atoms with Gasteiger partial charge in [0.15, 0.2) is 5.78 Å². The molecule has 0 heterocycles. The van der Waals surface area contributed by atoms with Crippen molar-refractivity contribution >= 4 is 5.78 Å². The van der Waals surface area contributed by atoms with Crippen LogP contribution in [0.4, 0.5) is 0 Å². The summed E-state index contributed by atoms with van der Waals surface area (Å²) in [5, 5.41) is 0. The van der Waals surface area contributed by atoms with Crippen molar-refractivity contribution in [3.63, 3.8) is 0 Å². The summed E-state index contributed by atoms with van der Waals surface area (Å²) in [6, 6.07) is 0. The first-order valence-corrected chi connectivity index (χ1v) is 3.14. The standard InChI is InChI=1S/C9H11O/c1-4-8(5-2)7-9(10)6-3/h6-7H,1,3,5H2,2H3. The van der Waals surface area contributed by atoms with Crippen LogP contribution in [0.1, 0.15) is 13.3 Å². The molecule has 0 spiro atoms. The maximum atomic E-state index is 10.7. The topological polar surface area (TPSA) is 17.1 Å². The molecule has 0 fully saturated rings. The summed E-state index contributed by atoms with van der Waals surface area (Å²) in [6.45, 7) is 8.72. The Morgan fingerprint density at radius 1 is 1.70 bits per heavy atom. The number of carbonyl (C=O) groups is 1. The fourth-order valence-corrected chi connectivity index (χ4v) is 0.509. The van der Waals surface area contributed by atoms with E-state index in [1.165, 1.54) is 12.5 Å². The third-order valence-corrected chi connectivity index (χ3v) is 1.13. The lowest BCUT2D eigenvalue weighted by molar-refractivity contribution is -0.111. The first kappa shape index (κ1) is 8.93. The molecule has 0 bridgehead atoms. The van der Waals surface area contributed by atoms with Crippen LogP contribution in [0.5, 0.6) is 0 Å². The van der Waals surface area contributed by atoms with E-state index in [0.29, 0.717) is 0 Å². The number of hydrogen-bond donors (Lipinski definition) is 0. The minimum Gasteiger partial charge on any atom is -0.294 e. The van der Waals surface area contributed by atoms with Gasteiger partial charge in [-0.15, -0.1) is 5.73 Å². The summed E-state index contributed by atoms with van der Waals surface area (Å²) < 4.78 is 0. The smallest absolute Gasteiger partial charge is 0.163 e. The van der Waals surface area contributed by atoms with Crippen molar-refractivity contribution in [2.45, 2.75) is 13.3 Å². The van der Waals surface area contributed by atoms with E-state index in [0.717, 1.165) is 12.0 Å². The molecule has 0 unspecified atom stereocenters. The third kappa shape index (κ3) is 3.06. The summed E-state index contributed by atoms with van der Waals surface area (Å²) in [5.41, 5.74) is 3.48. The summed E-state index contributed by atoms with van der Waals surface area (Å²) in [7, 11) is 0. The van der Waals surface area contributed by atoms with Crippen LogP contribution in [-0.4, -0.2) is 5.78 Å². The van der Waals surface area contributed by atoms with Crippen molar-refractivity contribution in [3.8, 4) is 0 Å². The Morgan fingerprint density at radius 2 is 2.30 bits per heavy atom. The average Bonchev–Trinajstić information content (AvgIpc) is 1.99. The van der Waals surface area contributed by atoms with Crippen LogP contribution >= 0.6 is 0 Å². The molecule has 0 atom stereocenters. The van der Waals surface area contributed by atoms with E-state index < -0.39 is 0 Å². The average molecular weight is 135 g/mol. The van der Waals surface area contributed by atoms with Gasteiger partial charge in [-0.2, -0.15) is 0 Å². The molecule has 0 rings (SSSR count). The largest absolute Gasteiger partial charge is 0.294 e. The minimum atomic E-state index is -0.0898. The first-order valence-electron chi connectivity index (χ1n) is 3.14. The van der Waals surface area contributed by atoms with Crippen LogP contribution in [0.2, 0.25) is 0 Å². The fourth-order valence-electron chi connectivity index (χ4n) is 0.509. The molecule has 1 heteroatoms. The molecule has 0 saturated heterocycles. The highest BCUT2D eigenvalue weighted by Crippen LogP contribution is 2.02. The van der Waals surface area contributed by atoms with Crippen molar-refractivity contribution in [2.24, 2.45) is 0 Å². The summed E-state index contributed by atoms with van der Waals surface area (Å²) in [4.78, 5) is 10.7. The maximum Gasteiger partial charge on any atom is 0.163 e. The van der Waals surface area contributed by atoms with Crippen molar-refractivity contribution < 1.29 is 4.79 Å². The van der Waals surface area contributed by atoms with Crippen LogP contribution in [0.25, 0.3) is 0 Å². The van der Waals surface area contributed by atoms with Gasteiger partial charge in [0.2, 0.25) is 0 Å². The van der Waals surface area contributed by atoms with Gasteiger partial charge in [-0.25, -0.2) is 0 Å². The quantitative estimate of drug-likeness (QED) is 0.426. The van der Waals surface area contributed by atoms with Gasteiger partial charge in [0.05, 0.1) is 6.42 Å². The molecule has 0 aromatic rings. The fraction of sp³-hybridized carbons (Fsp3) is 0.222. The number of hydrogen-bond acceptors (Lipinski definition) is 1. The monoisotopic (exact) mass is 135 g/mol. The van der Waals surface area contributed by atoms with E-state index in [1.807, 2.05) is 6.92 Å². The number of ketones is 1. The van der Waals surface area contributed by atoms with Crippen LogP contribution < -0.4 is 0 Å². The molecular formula is C9H11O. The predicted molar refractivity (Wildman–Crippen MR) is 42.4 cm³/mol. The highest BCUT2D eigenvalue weighted by Gasteiger charge is 1.98. The molecule has 0 aliphatic heterocycles. The second-order valence-electron chi connectivity index (χ2n) is 1.81. The van der Waals surface area contributed by atoms with Gasteiger partial charge in [-0.05, 0) is 18.1 Å². The summed E-state index contributed by atoms with van der Waals surface area (Å²) >= 11 is 0. The Hall–Kier alpha value is -1.07. The molecule has 53 valence electrons. The van der Waals surface area contributed by atoms with E-state index >= 15 is 0 Å². The highest BCUT2D eigenvalue weighted by molar-refractivity contribution is 5.98. The second-order valence-corrected chi connectivity index (χ2v) is 1.81. The predicted octanol–water partition coefficient (Wildman–Crippen LogP) is 2.07. The lowest BCUT2D eigenvalue weighted by Gasteiger charge is -1.93. The van der Waals surface area contributed by atoms with Crippen LogP contribution in [0.3, 0.4) is 0 Å². The molecule has 0 saturated carbocycles. The van der Waals surface area contributed by atoms with E-state index in [9.17, 15) is 4.79 Å². The molecule has 10 heavy (non-hydrogen) atoms. The first-order chi connectivity index (χ1) is 4.74. The minimum absolute atomic E-state index is 0.0898. The normalized spacial score (nSPS) is 8.10. The van der Waals surface area contributed by atoms with Crippen LogP contribution in [0.15, 0.2) is 30.5 Å². The Labute approximate surface area is 61.8 Å². The Balaban J connectivity index is 4.00. The van der Waals surface area contributed by atoms with E-state index in [4.69, 9.17) is 0 Å². The van der Waals surface area contributed by atoms with Gasteiger partial charge < -0.3 is 0 Å². The van der Waals surface area contributed by atoms with Gasteiger partial charge >= 0.3 is 0 Å². The Bertz CT molecular complexity index is 183. The van der Waals surface area contributed by atoms with E-state index in [1.54, 1.807) is 0 Å². The number of carbonyl (C=O) groups excluding carboxylic acids is 1. The molecule has 0 aliphatic carbocycles. The molecule has 0 aliphatic rings. The van der Waals surface area contributed by atoms with Crippen molar-refractivity contribution in [1.29, 1.82) is 0 Å². The molecule has 1 radical (unpaired) electrons. The van der Waals surface area contributed by atoms with Gasteiger partial charge in [-0.1, -0.05) is 20.1 Å². The molecule has 0 N–H and O–H groups in total. The Morgan fingerprint density at radius 3 is 2.60 bits per heavy atom. The third-order valence-electron chi connectivity index (χ3n) is 1.13. The second kappa shape index (κ2) is 4.78. The number of rotatable bonds is 4. The summed E-state index contributed by atoms with van der Waals surface area (Å²) in [6.07, 6.45) is 3.54. The lowest BCUT2D eigenvalue weighted by Crippen LogP contribution is -1.94. The molecule has 1 nitrogen and oxygen atoms in total. The summed E-state index contributed by atoms with van der Waals surface area (Å²) in [5.74, 6) is -0.0898. The van der Waals surface area contributed by atoms with Crippen molar-refractivity contribution in [2.75, 3.05) is 0 Å². The van der Waals surface area contributed by atoms with Crippen molar-refractivity contribution in [1.82, 2.24) is 0 Å². The zero-order valence-electron chi connectivity index (χ0n) is 6.18. The number of allylic oxidation sites excluding steroid dienone is 2. The lowest BCUT2D eigenvalue weighted by atomic mass is 10.1. The van der Waals surface area contributed by atoms with E-state index in [2.05, 4.69) is 18.9 Å². The Kier molecular flexibility index (Phi) is 4.26. The van der Waals surface area contributed by atoms with Gasteiger partial charge in [0.1, 0.15) is 0 Å². The molecule has 0 aromatic heterocycles. The SMILES string of the molecule is C=C=C([CH]C(=O)C=C)CC. The van der Waals surface area contributed by atoms with Crippen LogP contribution in [0, 0.1) is 6.42 Å². The molecule has 0 amide bonds. The zero-order chi connectivity index (χ0) is 7.98. The van der Waals surface area contributed by atoms with Crippen LogP contribution in [-0.2, 0) is 4.79 Å². The molecular weight excluding hydrogens is 124 g/mol. The zero-order valence-corrected chi connectivity index (χ0v) is 6.18. The van der Waals surface area contributed by atoms with Gasteiger partial charge in [-0.3, -0.25) is 4.79 Å². The van der Waals surface area contributed by atoms with Gasteiger partial charge in [0, 0.05) is 0 Å². The van der Waals surface area contributed by atoms with Gasteiger partial charge in [0.25, 0.3) is 0 Å². The highest BCUT2D eigenvalue weighted by atomic mass is 16.1.